The molecule has 0 radical (unpaired) electrons. The average molecular weight is 355 g/mol. The number of esters is 1. The Hall–Kier alpha value is -2.82. The van der Waals surface area contributed by atoms with Gasteiger partial charge in [0.2, 0.25) is 0 Å². The second kappa shape index (κ2) is 9.61. The van der Waals surface area contributed by atoms with Crippen LogP contribution in [0.25, 0.3) is 0 Å². The molecule has 0 aromatic heterocycles. The first-order valence-corrected chi connectivity index (χ1v) is 8.79. The quantitative estimate of drug-likeness (QED) is 0.713. The van der Waals surface area contributed by atoms with Crippen LogP contribution in [-0.2, 0) is 9.53 Å². The van der Waals surface area contributed by atoms with Gasteiger partial charge in [0.05, 0.1) is 12.2 Å². The first-order chi connectivity index (χ1) is 12.5. The van der Waals surface area contributed by atoms with Crippen molar-refractivity contribution >= 4 is 17.6 Å². The van der Waals surface area contributed by atoms with Gasteiger partial charge in [0.25, 0.3) is 5.91 Å². The standard InChI is InChI=1S/C21H25NO4/c1-4-13-25-21(24)17-5-9-18(10-6-17)22-20(23)14-26-19-11-7-16(8-12-19)15(2)3/h5-12,15H,4,13-14H2,1-3H3,(H,22,23). The molecule has 0 aliphatic heterocycles. The van der Waals surface area contributed by atoms with E-state index in [9.17, 15) is 9.59 Å². The van der Waals surface area contributed by atoms with Crippen LogP contribution in [0.1, 0.15) is 49.0 Å². The lowest BCUT2D eigenvalue weighted by Gasteiger charge is -2.10. The predicted molar refractivity (Wildman–Crippen MR) is 102 cm³/mol. The second-order valence-electron chi connectivity index (χ2n) is 6.27. The van der Waals surface area contributed by atoms with E-state index in [1.807, 2.05) is 31.2 Å². The molecule has 0 unspecified atom stereocenters. The van der Waals surface area contributed by atoms with Gasteiger partial charge in [0, 0.05) is 5.69 Å². The Labute approximate surface area is 154 Å². The molecule has 26 heavy (non-hydrogen) atoms. The number of carbonyl (C=O) groups is 2. The average Bonchev–Trinajstić information content (AvgIpc) is 2.65. The normalized spacial score (nSPS) is 10.5. The molecule has 0 saturated carbocycles. The van der Waals surface area contributed by atoms with Crippen molar-refractivity contribution in [2.45, 2.75) is 33.1 Å². The Balaban J connectivity index is 1.82. The zero-order valence-electron chi connectivity index (χ0n) is 15.5. The van der Waals surface area contributed by atoms with Crippen LogP contribution in [0.3, 0.4) is 0 Å². The van der Waals surface area contributed by atoms with E-state index < -0.39 is 0 Å². The number of nitrogens with one attached hydrogen (secondary N) is 1. The highest BCUT2D eigenvalue weighted by Gasteiger charge is 2.08. The van der Waals surface area contributed by atoms with Gasteiger partial charge >= 0.3 is 5.97 Å². The first kappa shape index (κ1) is 19.5. The van der Waals surface area contributed by atoms with Crippen LogP contribution >= 0.6 is 0 Å². The van der Waals surface area contributed by atoms with E-state index in [1.165, 1.54) is 5.56 Å². The van der Waals surface area contributed by atoms with Gasteiger partial charge in [-0.05, 0) is 54.3 Å². The van der Waals surface area contributed by atoms with Crippen LogP contribution in [0.15, 0.2) is 48.5 Å². The number of ether oxygens (including phenoxy) is 2. The summed E-state index contributed by atoms with van der Waals surface area (Å²) in [6.07, 6.45) is 0.778. The maximum atomic E-state index is 12.0. The predicted octanol–water partition coefficient (Wildman–Crippen LogP) is 4.39. The summed E-state index contributed by atoms with van der Waals surface area (Å²) in [6, 6.07) is 14.3. The minimum Gasteiger partial charge on any atom is -0.484 e. The van der Waals surface area contributed by atoms with E-state index in [1.54, 1.807) is 24.3 Å². The molecule has 0 saturated heterocycles. The van der Waals surface area contributed by atoms with E-state index in [0.717, 1.165) is 6.42 Å². The Bertz CT molecular complexity index is 721. The number of hydrogen-bond acceptors (Lipinski definition) is 4. The van der Waals surface area contributed by atoms with Crippen molar-refractivity contribution in [3.8, 4) is 5.75 Å². The Morgan fingerprint density at radius 3 is 2.23 bits per heavy atom. The lowest BCUT2D eigenvalue weighted by molar-refractivity contribution is -0.118. The van der Waals surface area contributed by atoms with Crippen molar-refractivity contribution in [2.75, 3.05) is 18.5 Å². The van der Waals surface area contributed by atoms with Crippen molar-refractivity contribution in [2.24, 2.45) is 0 Å². The van der Waals surface area contributed by atoms with Crippen molar-refractivity contribution in [3.63, 3.8) is 0 Å². The number of benzene rings is 2. The number of hydrogen-bond donors (Lipinski definition) is 1. The molecular weight excluding hydrogens is 330 g/mol. The molecule has 0 atom stereocenters. The number of rotatable bonds is 8. The zero-order chi connectivity index (χ0) is 18.9. The lowest BCUT2D eigenvalue weighted by atomic mass is 10.0. The SMILES string of the molecule is CCCOC(=O)c1ccc(NC(=O)COc2ccc(C(C)C)cc2)cc1. The number of amides is 1. The summed E-state index contributed by atoms with van der Waals surface area (Å²) in [5.74, 6) is 0.477. The molecule has 0 aliphatic rings. The minimum atomic E-state index is -0.363. The summed E-state index contributed by atoms with van der Waals surface area (Å²) in [5, 5.41) is 2.74. The summed E-state index contributed by atoms with van der Waals surface area (Å²) >= 11 is 0. The highest BCUT2D eigenvalue weighted by Crippen LogP contribution is 2.18. The van der Waals surface area contributed by atoms with E-state index in [4.69, 9.17) is 9.47 Å². The summed E-state index contributed by atoms with van der Waals surface area (Å²) < 4.78 is 10.6. The van der Waals surface area contributed by atoms with E-state index in [0.29, 0.717) is 29.5 Å². The molecule has 2 aromatic rings. The smallest absolute Gasteiger partial charge is 0.338 e. The molecule has 2 aromatic carbocycles. The number of carbonyl (C=O) groups excluding carboxylic acids is 2. The maximum Gasteiger partial charge on any atom is 0.338 e. The Kier molecular flexibility index (Phi) is 7.21. The van der Waals surface area contributed by atoms with Crippen LogP contribution in [0.5, 0.6) is 5.75 Å². The Morgan fingerprint density at radius 1 is 1.00 bits per heavy atom. The van der Waals surface area contributed by atoms with Crippen LogP contribution in [-0.4, -0.2) is 25.1 Å². The molecular formula is C21H25NO4. The highest BCUT2D eigenvalue weighted by atomic mass is 16.5. The van der Waals surface area contributed by atoms with Gasteiger partial charge in [-0.3, -0.25) is 4.79 Å². The molecule has 1 N–H and O–H groups in total. The molecule has 138 valence electrons. The highest BCUT2D eigenvalue weighted by molar-refractivity contribution is 5.93. The monoisotopic (exact) mass is 355 g/mol. The van der Waals surface area contributed by atoms with Crippen molar-refractivity contribution < 1.29 is 19.1 Å². The molecule has 5 heteroatoms. The summed E-state index contributed by atoms with van der Waals surface area (Å²) in [6.45, 7) is 6.50. The van der Waals surface area contributed by atoms with Gasteiger partial charge in [-0.15, -0.1) is 0 Å². The molecule has 0 aliphatic carbocycles. The zero-order valence-corrected chi connectivity index (χ0v) is 15.5. The molecule has 1 amide bonds. The topological polar surface area (TPSA) is 64.6 Å². The van der Waals surface area contributed by atoms with E-state index >= 15 is 0 Å². The molecule has 0 spiro atoms. The van der Waals surface area contributed by atoms with Gasteiger partial charge in [-0.2, -0.15) is 0 Å². The number of anilines is 1. The second-order valence-corrected chi connectivity index (χ2v) is 6.27. The van der Waals surface area contributed by atoms with Gasteiger partial charge in [0.1, 0.15) is 5.75 Å². The van der Waals surface area contributed by atoms with Crippen LogP contribution in [0, 0.1) is 0 Å². The fourth-order valence-corrected chi connectivity index (χ4v) is 2.26. The van der Waals surface area contributed by atoms with E-state index in [2.05, 4.69) is 19.2 Å². The summed E-state index contributed by atoms with van der Waals surface area (Å²) in [5.41, 5.74) is 2.28. The summed E-state index contributed by atoms with van der Waals surface area (Å²) in [7, 11) is 0. The fraction of sp³-hybridized carbons (Fsp3) is 0.333. The largest absolute Gasteiger partial charge is 0.484 e. The fourth-order valence-electron chi connectivity index (χ4n) is 2.26. The summed E-state index contributed by atoms with van der Waals surface area (Å²) in [4.78, 5) is 23.7. The third-order valence-electron chi connectivity index (χ3n) is 3.76. The molecule has 2 rings (SSSR count). The molecule has 0 heterocycles. The maximum absolute atomic E-state index is 12.0. The van der Waals surface area contributed by atoms with Crippen molar-refractivity contribution in [3.05, 3.63) is 59.7 Å². The third kappa shape index (κ3) is 5.92. The molecule has 0 bridgehead atoms. The van der Waals surface area contributed by atoms with Gasteiger partial charge in [-0.1, -0.05) is 32.9 Å². The third-order valence-corrected chi connectivity index (χ3v) is 3.76. The van der Waals surface area contributed by atoms with Gasteiger partial charge in [-0.25, -0.2) is 4.79 Å². The van der Waals surface area contributed by atoms with Crippen LogP contribution < -0.4 is 10.1 Å². The first-order valence-electron chi connectivity index (χ1n) is 8.79. The molecule has 0 fully saturated rings. The van der Waals surface area contributed by atoms with Crippen molar-refractivity contribution in [1.82, 2.24) is 0 Å². The van der Waals surface area contributed by atoms with E-state index in [-0.39, 0.29) is 18.5 Å². The molecule has 5 nitrogen and oxygen atoms in total. The van der Waals surface area contributed by atoms with Gasteiger partial charge in [0.15, 0.2) is 6.61 Å². The minimum absolute atomic E-state index is 0.0820. The van der Waals surface area contributed by atoms with Gasteiger partial charge < -0.3 is 14.8 Å². The van der Waals surface area contributed by atoms with Crippen LogP contribution in [0.4, 0.5) is 5.69 Å². The van der Waals surface area contributed by atoms with Crippen molar-refractivity contribution in [1.29, 1.82) is 0 Å². The van der Waals surface area contributed by atoms with Crippen LogP contribution in [0.2, 0.25) is 0 Å². The lowest BCUT2D eigenvalue weighted by Crippen LogP contribution is -2.20. The Morgan fingerprint density at radius 2 is 1.65 bits per heavy atom.